The predicted octanol–water partition coefficient (Wildman–Crippen LogP) is 6.27. The van der Waals surface area contributed by atoms with Crippen LogP contribution in [0.5, 0.6) is 11.5 Å². The Kier molecular flexibility index (Phi) is 9.10. The molecule has 0 radical (unpaired) electrons. The van der Waals surface area contributed by atoms with Crippen molar-refractivity contribution >= 4 is 12.0 Å². The molecule has 1 saturated heterocycles. The Morgan fingerprint density at radius 1 is 0.951 bits per heavy atom. The second kappa shape index (κ2) is 12.5. The van der Waals surface area contributed by atoms with Gasteiger partial charge in [-0.25, -0.2) is 9.59 Å². The van der Waals surface area contributed by atoms with E-state index in [2.05, 4.69) is 0 Å². The molecule has 2 atom stereocenters. The summed E-state index contributed by atoms with van der Waals surface area (Å²) in [5.74, 6) is 0.0196. The summed E-state index contributed by atoms with van der Waals surface area (Å²) in [7, 11) is 0. The average molecular weight is 571 g/mol. The number of urea groups is 1. The fourth-order valence-corrected chi connectivity index (χ4v) is 4.87. The molecule has 0 aliphatic carbocycles. The van der Waals surface area contributed by atoms with Crippen LogP contribution in [0.4, 0.5) is 18.0 Å². The van der Waals surface area contributed by atoms with E-state index < -0.39 is 23.3 Å². The predicted molar refractivity (Wildman–Crippen MR) is 147 cm³/mol. The van der Waals surface area contributed by atoms with Gasteiger partial charge in [-0.05, 0) is 61.4 Å². The molecule has 1 fully saturated rings. The number of amides is 2. The molecular formula is C31H33F3N2O5. The van der Waals surface area contributed by atoms with Crippen LogP contribution in [-0.4, -0.2) is 58.2 Å². The van der Waals surface area contributed by atoms with Crippen LogP contribution in [0.25, 0.3) is 0 Å². The van der Waals surface area contributed by atoms with Gasteiger partial charge in [-0.3, -0.25) is 0 Å². The largest absolute Gasteiger partial charge is 0.494 e. The highest BCUT2D eigenvalue weighted by molar-refractivity contribution is 5.78. The highest BCUT2D eigenvalue weighted by atomic mass is 19.4. The Labute approximate surface area is 237 Å². The van der Waals surface area contributed by atoms with E-state index in [1.165, 1.54) is 19.1 Å². The van der Waals surface area contributed by atoms with Crippen molar-refractivity contribution < 1.29 is 37.3 Å². The number of carboxylic acid groups (broad SMARTS) is 1. The van der Waals surface area contributed by atoms with Gasteiger partial charge in [0.15, 0.2) is 0 Å². The molecule has 7 nitrogen and oxygen atoms in total. The maximum atomic E-state index is 12.9. The molecule has 3 aromatic rings. The zero-order valence-corrected chi connectivity index (χ0v) is 22.9. The van der Waals surface area contributed by atoms with Gasteiger partial charge in [0.1, 0.15) is 11.5 Å². The lowest BCUT2D eigenvalue weighted by Gasteiger charge is -2.26. The Morgan fingerprint density at radius 3 is 2.17 bits per heavy atom. The molecule has 2 unspecified atom stereocenters. The van der Waals surface area contributed by atoms with Crippen molar-refractivity contribution in [1.29, 1.82) is 0 Å². The zero-order chi connectivity index (χ0) is 29.6. The van der Waals surface area contributed by atoms with E-state index in [1.807, 2.05) is 13.0 Å². The van der Waals surface area contributed by atoms with Crippen molar-refractivity contribution in [2.75, 3.05) is 19.7 Å². The molecule has 1 heterocycles. The molecule has 1 aliphatic rings. The summed E-state index contributed by atoms with van der Waals surface area (Å²) in [4.78, 5) is 28.3. The maximum absolute atomic E-state index is 12.9. The molecule has 4 rings (SSSR count). The highest BCUT2D eigenvalue weighted by Gasteiger charge is 2.37. The Balaban J connectivity index is 1.30. The molecule has 3 aromatic carbocycles. The summed E-state index contributed by atoms with van der Waals surface area (Å²) in [6.45, 7) is 4.97. The van der Waals surface area contributed by atoms with Crippen LogP contribution in [0, 0.1) is 0 Å². The number of aliphatic carboxylic acids is 1. The fourth-order valence-electron chi connectivity index (χ4n) is 4.87. The van der Waals surface area contributed by atoms with E-state index in [9.17, 15) is 27.9 Å². The van der Waals surface area contributed by atoms with Crippen LogP contribution >= 0.6 is 0 Å². The molecule has 0 bridgehead atoms. The topological polar surface area (TPSA) is 79.3 Å². The molecule has 0 saturated carbocycles. The van der Waals surface area contributed by atoms with Crippen molar-refractivity contribution in [2.45, 2.75) is 51.1 Å². The number of hydrogen-bond acceptors (Lipinski definition) is 4. The van der Waals surface area contributed by atoms with Gasteiger partial charge in [-0.15, -0.1) is 0 Å². The first-order chi connectivity index (χ1) is 19.5. The third-order valence-electron chi connectivity index (χ3n) is 7.11. The van der Waals surface area contributed by atoms with E-state index in [1.54, 1.807) is 58.3 Å². The third-order valence-corrected chi connectivity index (χ3v) is 7.11. The number of alkyl halides is 3. The molecule has 10 heteroatoms. The van der Waals surface area contributed by atoms with Crippen molar-refractivity contribution in [3.05, 3.63) is 95.6 Å². The van der Waals surface area contributed by atoms with Crippen LogP contribution in [0.3, 0.4) is 0 Å². The molecule has 41 heavy (non-hydrogen) atoms. The first-order valence-electron chi connectivity index (χ1n) is 13.4. The summed E-state index contributed by atoms with van der Waals surface area (Å²) < 4.78 is 50.3. The number of halogens is 3. The number of hydrogen-bond donors (Lipinski definition) is 1. The maximum Gasteiger partial charge on any atom is 0.416 e. The van der Waals surface area contributed by atoms with E-state index >= 15 is 0 Å². The summed E-state index contributed by atoms with van der Waals surface area (Å²) in [5.41, 5.74) is -0.763. The lowest BCUT2D eigenvalue weighted by atomic mass is 9.96. The van der Waals surface area contributed by atoms with Gasteiger partial charge in [-0.2, -0.15) is 13.2 Å². The minimum atomic E-state index is -4.40. The van der Waals surface area contributed by atoms with Crippen LogP contribution in [0.2, 0.25) is 0 Å². The number of para-hydroxylation sites is 1. The standard InChI is InChI=1S/C31H33F3N2O5/c1-3-36-25(21-35(29(36)39)20-23-9-13-24(14-10-23)31(32,33)34)17-18-40-26-15-11-22(12-16-26)19-30(2,28(37)38)41-27-7-5-4-6-8-27/h4-16,25H,3,17-21H2,1-2H3,(H,37,38). The van der Waals surface area contributed by atoms with E-state index in [0.29, 0.717) is 43.2 Å². The van der Waals surface area contributed by atoms with E-state index in [0.717, 1.165) is 17.7 Å². The van der Waals surface area contributed by atoms with Crippen molar-refractivity contribution in [2.24, 2.45) is 0 Å². The first-order valence-corrected chi connectivity index (χ1v) is 13.4. The molecule has 1 N–H and O–H groups in total. The normalized spacial score (nSPS) is 16.9. The molecule has 0 aromatic heterocycles. The Bertz CT molecular complexity index is 1320. The summed E-state index contributed by atoms with van der Waals surface area (Å²) in [6, 6.07) is 20.6. The molecule has 2 amide bonds. The fraction of sp³-hybridized carbons (Fsp3) is 0.355. The second-order valence-corrected chi connectivity index (χ2v) is 10.2. The average Bonchev–Trinajstić information content (AvgIpc) is 3.23. The zero-order valence-electron chi connectivity index (χ0n) is 22.9. The second-order valence-electron chi connectivity index (χ2n) is 10.2. The van der Waals surface area contributed by atoms with Gasteiger partial charge >= 0.3 is 18.2 Å². The van der Waals surface area contributed by atoms with Crippen molar-refractivity contribution in [3.63, 3.8) is 0 Å². The molecular weight excluding hydrogens is 537 g/mol. The number of carbonyl (C=O) groups excluding carboxylic acids is 1. The number of benzene rings is 3. The monoisotopic (exact) mass is 570 g/mol. The Hall–Kier alpha value is -4.21. The van der Waals surface area contributed by atoms with Crippen LogP contribution < -0.4 is 9.47 Å². The summed E-state index contributed by atoms with van der Waals surface area (Å²) >= 11 is 0. The summed E-state index contributed by atoms with van der Waals surface area (Å²) in [6.07, 6.45) is -3.67. The van der Waals surface area contributed by atoms with Crippen molar-refractivity contribution in [3.8, 4) is 11.5 Å². The van der Waals surface area contributed by atoms with Gasteiger partial charge in [0.05, 0.1) is 18.2 Å². The number of ether oxygens (including phenoxy) is 2. The quantitative estimate of drug-likeness (QED) is 0.278. The number of nitrogens with zero attached hydrogens (tertiary/aromatic N) is 2. The van der Waals surface area contributed by atoms with Gasteiger partial charge in [0, 0.05) is 32.5 Å². The highest BCUT2D eigenvalue weighted by Crippen LogP contribution is 2.30. The Morgan fingerprint density at radius 2 is 1.59 bits per heavy atom. The minimum absolute atomic E-state index is 0.0902. The number of carbonyl (C=O) groups is 2. The lowest BCUT2D eigenvalue weighted by Crippen LogP contribution is -2.43. The summed E-state index contributed by atoms with van der Waals surface area (Å²) in [5, 5.41) is 9.81. The van der Waals surface area contributed by atoms with E-state index in [-0.39, 0.29) is 25.0 Å². The molecule has 1 aliphatic heterocycles. The van der Waals surface area contributed by atoms with Gasteiger partial charge in [-0.1, -0.05) is 42.5 Å². The van der Waals surface area contributed by atoms with Crippen LogP contribution in [0.15, 0.2) is 78.9 Å². The van der Waals surface area contributed by atoms with Crippen molar-refractivity contribution in [1.82, 2.24) is 9.80 Å². The SMILES string of the molecule is CCN1C(=O)N(Cc2ccc(C(F)(F)F)cc2)CC1CCOc1ccc(CC(C)(Oc2ccccc2)C(=O)O)cc1. The van der Waals surface area contributed by atoms with Gasteiger partial charge < -0.3 is 24.4 Å². The smallest absolute Gasteiger partial charge is 0.416 e. The number of likely N-dealkylation sites (N-methyl/N-ethyl adjacent to an activating group) is 1. The van der Waals surface area contributed by atoms with Crippen LogP contribution in [-0.2, 0) is 23.9 Å². The van der Waals surface area contributed by atoms with Crippen LogP contribution in [0.1, 0.15) is 37.0 Å². The number of carboxylic acids is 1. The lowest BCUT2D eigenvalue weighted by molar-refractivity contribution is -0.153. The third kappa shape index (κ3) is 7.50. The minimum Gasteiger partial charge on any atom is -0.494 e. The molecule has 0 spiro atoms. The number of rotatable bonds is 12. The molecule has 218 valence electrons. The first kappa shape index (κ1) is 29.8. The van der Waals surface area contributed by atoms with Gasteiger partial charge in [0.2, 0.25) is 5.60 Å². The van der Waals surface area contributed by atoms with E-state index in [4.69, 9.17) is 9.47 Å². The van der Waals surface area contributed by atoms with Gasteiger partial charge in [0.25, 0.3) is 0 Å².